The molecule has 1 heterocycles. The quantitative estimate of drug-likeness (QED) is 0.905. The smallest absolute Gasteiger partial charge is 0.261 e. The van der Waals surface area contributed by atoms with Crippen molar-refractivity contribution in [3.05, 3.63) is 30.1 Å². The number of amides is 1. The van der Waals surface area contributed by atoms with Crippen molar-refractivity contribution in [3.8, 4) is 5.75 Å². The highest BCUT2D eigenvalue weighted by Gasteiger charge is 2.24. The van der Waals surface area contributed by atoms with Crippen LogP contribution in [-0.4, -0.2) is 43.1 Å². The summed E-state index contributed by atoms with van der Waals surface area (Å²) in [5.41, 5.74) is 0. The Hall–Kier alpha value is -1.62. The standard InChI is InChI=1S/C16H23FN2O2/c1-3-14(21-15-7-5-4-6-13(15)17)16(20)18-12-8-10-19(2)11-9-12/h4-7,12,14H,3,8-11H2,1-2H3,(H,18,20). The largest absolute Gasteiger partial charge is 0.478 e. The van der Waals surface area contributed by atoms with Gasteiger partial charge in [0.2, 0.25) is 0 Å². The molecule has 0 radical (unpaired) electrons. The Labute approximate surface area is 125 Å². The molecular formula is C16H23FN2O2. The topological polar surface area (TPSA) is 41.6 Å². The van der Waals surface area contributed by atoms with E-state index in [1.165, 1.54) is 6.07 Å². The zero-order chi connectivity index (χ0) is 15.2. The van der Waals surface area contributed by atoms with E-state index >= 15 is 0 Å². The zero-order valence-electron chi connectivity index (χ0n) is 12.6. The van der Waals surface area contributed by atoms with Gasteiger partial charge in [-0.05, 0) is 51.5 Å². The Bertz CT molecular complexity index is 473. The van der Waals surface area contributed by atoms with Crippen LogP contribution in [0, 0.1) is 5.82 Å². The minimum atomic E-state index is -0.651. The summed E-state index contributed by atoms with van der Waals surface area (Å²) in [5.74, 6) is -0.471. The van der Waals surface area contributed by atoms with Crippen LogP contribution in [0.3, 0.4) is 0 Å². The molecule has 0 bridgehead atoms. The van der Waals surface area contributed by atoms with Crippen molar-refractivity contribution in [1.29, 1.82) is 0 Å². The van der Waals surface area contributed by atoms with Gasteiger partial charge in [0.1, 0.15) is 0 Å². The number of hydrogen-bond acceptors (Lipinski definition) is 3. The van der Waals surface area contributed by atoms with Gasteiger partial charge in [0, 0.05) is 6.04 Å². The highest BCUT2D eigenvalue weighted by atomic mass is 19.1. The van der Waals surface area contributed by atoms with Crippen LogP contribution in [-0.2, 0) is 4.79 Å². The number of nitrogens with one attached hydrogen (secondary N) is 1. The molecule has 5 heteroatoms. The number of rotatable bonds is 5. The second-order valence-electron chi connectivity index (χ2n) is 5.53. The molecule has 1 aliphatic heterocycles. The van der Waals surface area contributed by atoms with E-state index in [1.54, 1.807) is 18.2 Å². The summed E-state index contributed by atoms with van der Waals surface area (Å²) in [6, 6.07) is 6.35. The van der Waals surface area contributed by atoms with Gasteiger partial charge in [0.15, 0.2) is 17.7 Å². The Kier molecular flexibility index (Phi) is 5.56. The summed E-state index contributed by atoms with van der Waals surface area (Å²) in [6.45, 7) is 3.82. The van der Waals surface area contributed by atoms with E-state index in [2.05, 4.69) is 17.3 Å². The van der Waals surface area contributed by atoms with Crippen LogP contribution in [0.5, 0.6) is 5.75 Å². The molecule has 4 nitrogen and oxygen atoms in total. The SMILES string of the molecule is CCC(Oc1ccccc1F)C(=O)NC1CCN(C)CC1. The molecule has 21 heavy (non-hydrogen) atoms. The van der Waals surface area contributed by atoms with Crippen molar-refractivity contribution in [2.75, 3.05) is 20.1 Å². The number of halogens is 1. The molecule has 1 aromatic carbocycles. The van der Waals surface area contributed by atoms with Crippen molar-refractivity contribution < 1.29 is 13.9 Å². The predicted molar refractivity (Wildman–Crippen MR) is 79.8 cm³/mol. The summed E-state index contributed by atoms with van der Waals surface area (Å²) < 4.78 is 19.1. The molecule has 1 atom stereocenters. The van der Waals surface area contributed by atoms with Crippen LogP contribution in [0.2, 0.25) is 0 Å². The first kappa shape index (κ1) is 15.8. The minimum absolute atomic E-state index is 0.128. The average Bonchev–Trinajstić information content (AvgIpc) is 2.48. The van der Waals surface area contributed by atoms with Crippen LogP contribution in [0.1, 0.15) is 26.2 Å². The molecule has 0 spiro atoms. The lowest BCUT2D eigenvalue weighted by atomic mass is 10.1. The molecule has 1 aromatic rings. The molecule has 0 saturated carbocycles. The summed E-state index contributed by atoms with van der Waals surface area (Å²) in [4.78, 5) is 14.5. The first-order valence-corrected chi connectivity index (χ1v) is 7.50. The number of benzene rings is 1. The Morgan fingerprint density at radius 3 is 2.71 bits per heavy atom. The fourth-order valence-electron chi connectivity index (χ4n) is 2.46. The monoisotopic (exact) mass is 294 g/mol. The van der Waals surface area contributed by atoms with Crippen LogP contribution >= 0.6 is 0 Å². The predicted octanol–water partition coefficient (Wildman–Crippen LogP) is 2.19. The van der Waals surface area contributed by atoms with E-state index in [0.29, 0.717) is 6.42 Å². The molecule has 2 rings (SSSR count). The number of carbonyl (C=O) groups is 1. The van der Waals surface area contributed by atoms with Gasteiger partial charge in [-0.2, -0.15) is 0 Å². The third kappa shape index (κ3) is 4.43. The number of hydrogen-bond donors (Lipinski definition) is 1. The molecule has 1 saturated heterocycles. The number of likely N-dealkylation sites (tertiary alicyclic amines) is 1. The maximum absolute atomic E-state index is 13.6. The highest BCUT2D eigenvalue weighted by Crippen LogP contribution is 2.18. The van der Waals surface area contributed by atoms with Gasteiger partial charge >= 0.3 is 0 Å². The fourth-order valence-corrected chi connectivity index (χ4v) is 2.46. The van der Waals surface area contributed by atoms with Crippen molar-refractivity contribution >= 4 is 5.91 Å². The normalized spacial score (nSPS) is 18.2. The van der Waals surface area contributed by atoms with Crippen LogP contribution in [0.25, 0.3) is 0 Å². The number of nitrogens with zero attached hydrogens (tertiary/aromatic N) is 1. The molecule has 116 valence electrons. The average molecular weight is 294 g/mol. The van der Waals surface area contributed by atoms with E-state index in [1.807, 2.05) is 6.92 Å². The third-order valence-electron chi connectivity index (χ3n) is 3.83. The van der Waals surface area contributed by atoms with E-state index in [4.69, 9.17) is 4.74 Å². The van der Waals surface area contributed by atoms with E-state index in [9.17, 15) is 9.18 Å². The van der Waals surface area contributed by atoms with Crippen molar-refractivity contribution in [2.24, 2.45) is 0 Å². The van der Waals surface area contributed by atoms with E-state index < -0.39 is 11.9 Å². The van der Waals surface area contributed by atoms with Crippen molar-refractivity contribution in [2.45, 2.75) is 38.3 Å². The first-order valence-electron chi connectivity index (χ1n) is 7.50. The fraction of sp³-hybridized carbons (Fsp3) is 0.562. The maximum atomic E-state index is 13.6. The summed E-state index contributed by atoms with van der Waals surface area (Å²) >= 11 is 0. The zero-order valence-corrected chi connectivity index (χ0v) is 12.6. The van der Waals surface area contributed by atoms with Crippen molar-refractivity contribution in [3.63, 3.8) is 0 Å². The molecule has 0 aliphatic carbocycles. The van der Waals surface area contributed by atoms with Crippen LogP contribution in [0.4, 0.5) is 4.39 Å². The molecule has 1 unspecified atom stereocenters. The van der Waals surface area contributed by atoms with Crippen LogP contribution < -0.4 is 10.1 Å². The summed E-state index contributed by atoms with van der Waals surface area (Å²) in [5, 5.41) is 3.02. The molecular weight excluding hydrogens is 271 g/mol. The van der Waals surface area contributed by atoms with Gasteiger partial charge < -0.3 is 15.0 Å². The Balaban J connectivity index is 1.91. The summed E-state index contributed by atoms with van der Waals surface area (Å²) in [7, 11) is 2.08. The minimum Gasteiger partial charge on any atom is -0.478 e. The van der Waals surface area contributed by atoms with Gasteiger partial charge in [-0.1, -0.05) is 19.1 Å². The molecule has 1 N–H and O–H groups in total. The van der Waals surface area contributed by atoms with Gasteiger partial charge in [0.05, 0.1) is 0 Å². The lowest BCUT2D eigenvalue weighted by Crippen LogP contribution is -2.48. The number of carbonyl (C=O) groups excluding carboxylic acids is 1. The lowest BCUT2D eigenvalue weighted by Gasteiger charge is -2.30. The molecule has 1 aliphatic rings. The third-order valence-corrected chi connectivity index (χ3v) is 3.83. The Morgan fingerprint density at radius 1 is 1.43 bits per heavy atom. The van der Waals surface area contributed by atoms with Crippen molar-refractivity contribution in [1.82, 2.24) is 10.2 Å². The molecule has 1 fully saturated rings. The number of ether oxygens (including phenoxy) is 1. The van der Waals surface area contributed by atoms with E-state index in [0.717, 1.165) is 25.9 Å². The number of para-hydroxylation sites is 1. The van der Waals surface area contributed by atoms with Gasteiger partial charge in [-0.15, -0.1) is 0 Å². The number of piperidine rings is 1. The second kappa shape index (κ2) is 7.41. The molecule has 1 amide bonds. The first-order chi connectivity index (χ1) is 10.1. The Morgan fingerprint density at radius 2 is 2.10 bits per heavy atom. The van der Waals surface area contributed by atoms with Gasteiger partial charge in [-0.3, -0.25) is 4.79 Å². The van der Waals surface area contributed by atoms with Gasteiger partial charge in [0.25, 0.3) is 5.91 Å². The second-order valence-corrected chi connectivity index (χ2v) is 5.53. The lowest BCUT2D eigenvalue weighted by molar-refractivity contribution is -0.129. The van der Waals surface area contributed by atoms with E-state index in [-0.39, 0.29) is 17.7 Å². The van der Waals surface area contributed by atoms with Crippen LogP contribution in [0.15, 0.2) is 24.3 Å². The van der Waals surface area contributed by atoms with Gasteiger partial charge in [-0.25, -0.2) is 4.39 Å². The summed E-state index contributed by atoms with van der Waals surface area (Å²) in [6.07, 6.45) is 1.74. The maximum Gasteiger partial charge on any atom is 0.261 e. The highest BCUT2D eigenvalue weighted by molar-refractivity contribution is 5.81. The molecule has 0 aromatic heterocycles.